The van der Waals surface area contributed by atoms with Crippen LogP contribution in [0.25, 0.3) is 0 Å². The minimum Gasteiger partial charge on any atom is -0.497 e. The summed E-state index contributed by atoms with van der Waals surface area (Å²) in [6, 6.07) is 15.4. The molecule has 110 valence electrons. The van der Waals surface area contributed by atoms with Crippen molar-refractivity contribution in [3.8, 4) is 11.5 Å². The van der Waals surface area contributed by atoms with Crippen molar-refractivity contribution in [3.63, 3.8) is 0 Å². The molecule has 0 fully saturated rings. The highest BCUT2D eigenvalue weighted by Crippen LogP contribution is 2.15. The lowest BCUT2D eigenvalue weighted by molar-refractivity contribution is -0.118. The van der Waals surface area contributed by atoms with Gasteiger partial charge >= 0.3 is 0 Å². The number of Topliss-reactive ketones (excluding diaryl/α,β-unsaturated/α-hetero) is 1. The van der Waals surface area contributed by atoms with Crippen LogP contribution >= 0.6 is 0 Å². The number of rotatable bonds is 7. The van der Waals surface area contributed by atoms with Gasteiger partial charge in [0.15, 0.2) is 0 Å². The molecule has 0 saturated carbocycles. The molecule has 0 heterocycles. The Morgan fingerprint density at radius 2 is 1.81 bits per heavy atom. The molecule has 3 nitrogen and oxygen atoms in total. The van der Waals surface area contributed by atoms with Crippen LogP contribution in [0.2, 0.25) is 0 Å². The number of carbonyl (C=O) groups excluding carboxylic acids is 1. The maximum absolute atomic E-state index is 11.9. The molecule has 0 aliphatic heterocycles. The standard InChI is InChI=1S/C18H20O3/c1-14-5-3-8-18(11-14)21-10-9-16(19)12-15-6-4-7-17(13-15)20-2/h3-8,11,13H,9-10,12H2,1-2H3. The number of methoxy groups -OCH3 is 1. The van der Waals surface area contributed by atoms with Crippen LogP contribution in [0, 0.1) is 6.92 Å². The van der Waals surface area contributed by atoms with Gasteiger partial charge in [-0.3, -0.25) is 4.79 Å². The molecular weight excluding hydrogens is 264 g/mol. The zero-order valence-corrected chi connectivity index (χ0v) is 12.5. The van der Waals surface area contributed by atoms with E-state index >= 15 is 0 Å². The fourth-order valence-corrected chi connectivity index (χ4v) is 2.09. The Bertz CT molecular complexity index is 605. The van der Waals surface area contributed by atoms with E-state index in [0.29, 0.717) is 19.4 Å². The van der Waals surface area contributed by atoms with Gasteiger partial charge in [0.25, 0.3) is 0 Å². The van der Waals surface area contributed by atoms with Crippen molar-refractivity contribution in [1.29, 1.82) is 0 Å². The van der Waals surface area contributed by atoms with E-state index in [1.807, 2.05) is 55.5 Å². The molecule has 0 N–H and O–H groups in total. The van der Waals surface area contributed by atoms with E-state index in [2.05, 4.69) is 0 Å². The van der Waals surface area contributed by atoms with Crippen LogP contribution in [0.1, 0.15) is 17.5 Å². The first-order valence-electron chi connectivity index (χ1n) is 7.01. The smallest absolute Gasteiger partial charge is 0.140 e. The van der Waals surface area contributed by atoms with E-state index in [1.165, 1.54) is 0 Å². The summed E-state index contributed by atoms with van der Waals surface area (Å²) in [6.45, 7) is 2.42. The summed E-state index contributed by atoms with van der Waals surface area (Å²) in [5.41, 5.74) is 2.12. The van der Waals surface area contributed by atoms with Crippen LogP contribution in [-0.4, -0.2) is 19.5 Å². The van der Waals surface area contributed by atoms with Gasteiger partial charge in [-0.1, -0.05) is 24.3 Å². The third kappa shape index (κ3) is 4.95. The molecule has 0 unspecified atom stereocenters. The van der Waals surface area contributed by atoms with Crippen molar-refractivity contribution in [2.75, 3.05) is 13.7 Å². The lowest BCUT2D eigenvalue weighted by atomic mass is 10.1. The lowest BCUT2D eigenvalue weighted by Crippen LogP contribution is -2.09. The predicted octanol–water partition coefficient (Wildman–Crippen LogP) is 3.58. The third-order valence-electron chi connectivity index (χ3n) is 3.17. The molecule has 0 atom stereocenters. The molecule has 2 rings (SSSR count). The molecule has 0 aliphatic carbocycles. The zero-order valence-electron chi connectivity index (χ0n) is 12.5. The molecule has 2 aromatic carbocycles. The second-order valence-electron chi connectivity index (χ2n) is 4.98. The topological polar surface area (TPSA) is 35.5 Å². The fourth-order valence-electron chi connectivity index (χ4n) is 2.09. The van der Waals surface area contributed by atoms with Gasteiger partial charge < -0.3 is 9.47 Å². The van der Waals surface area contributed by atoms with Gasteiger partial charge in [0.2, 0.25) is 0 Å². The average Bonchev–Trinajstić information content (AvgIpc) is 2.47. The Morgan fingerprint density at radius 3 is 2.57 bits per heavy atom. The first-order valence-corrected chi connectivity index (χ1v) is 7.01. The number of ether oxygens (including phenoxy) is 2. The first kappa shape index (κ1) is 15.1. The molecule has 0 amide bonds. The molecule has 21 heavy (non-hydrogen) atoms. The highest BCUT2D eigenvalue weighted by molar-refractivity contribution is 5.81. The summed E-state index contributed by atoms with van der Waals surface area (Å²) in [5, 5.41) is 0. The number of hydrogen-bond donors (Lipinski definition) is 0. The van der Waals surface area contributed by atoms with Crippen molar-refractivity contribution in [2.45, 2.75) is 19.8 Å². The lowest BCUT2D eigenvalue weighted by Gasteiger charge is -2.07. The van der Waals surface area contributed by atoms with E-state index in [9.17, 15) is 4.79 Å². The molecule has 0 saturated heterocycles. The highest BCUT2D eigenvalue weighted by atomic mass is 16.5. The number of benzene rings is 2. The average molecular weight is 284 g/mol. The normalized spacial score (nSPS) is 10.2. The summed E-state index contributed by atoms with van der Waals surface area (Å²) in [7, 11) is 1.62. The second kappa shape index (κ2) is 7.48. The highest BCUT2D eigenvalue weighted by Gasteiger charge is 2.05. The molecule has 0 bridgehead atoms. The molecule has 3 heteroatoms. The first-order chi connectivity index (χ1) is 10.2. The molecule has 0 aromatic heterocycles. The number of ketones is 1. The molecule has 0 radical (unpaired) electrons. The van der Waals surface area contributed by atoms with Crippen LogP contribution in [0.4, 0.5) is 0 Å². The maximum Gasteiger partial charge on any atom is 0.140 e. The van der Waals surface area contributed by atoms with Crippen LogP contribution in [0.15, 0.2) is 48.5 Å². The molecule has 0 aliphatic rings. The van der Waals surface area contributed by atoms with Crippen LogP contribution in [0.3, 0.4) is 0 Å². The van der Waals surface area contributed by atoms with Crippen molar-refractivity contribution in [3.05, 3.63) is 59.7 Å². The summed E-state index contributed by atoms with van der Waals surface area (Å²) in [6.07, 6.45) is 0.819. The van der Waals surface area contributed by atoms with E-state index < -0.39 is 0 Å². The van der Waals surface area contributed by atoms with Gasteiger partial charge in [-0.2, -0.15) is 0 Å². The summed E-state index contributed by atoms with van der Waals surface area (Å²) < 4.78 is 10.7. The van der Waals surface area contributed by atoms with Crippen molar-refractivity contribution in [2.24, 2.45) is 0 Å². The number of carbonyl (C=O) groups is 1. The number of hydrogen-bond acceptors (Lipinski definition) is 3. The largest absolute Gasteiger partial charge is 0.497 e. The van der Waals surface area contributed by atoms with Crippen LogP contribution < -0.4 is 9.47 Å². The summed E-state index contributed by atoms with van der Waals surface area (Å²) in [5.74, 6) is 1.75. The van der Waals surface area contributed by atoms with Gasteiger partial charge in [0, 0.05) is 12.8 Å². The van der Waals surface area contributed by atoms with Gasteiger partial charge in [0.05, 0.1) is 13.7 Å². The van der Waals surface area contributed by atoms with Gasteiger partial charge in [-0.15, -0.1) is 0 Å². The maximum atomic E-state index is 11.9. The Balaban J connectivity index is 1.79. The molecular formula is C18H20O3. The minimum atomic E-state index is 0.163. The summed E-state index contributed by atoms with van der Waals surface area (Å²) >= 11 is 0. The zero-order chi connectivity index (χ0) is 15.1. The Morgan fingerprint density at radius 1 is 1.05 bits per heavy atom. The predicted molar refractivity (Wildman–Crippen MR) is 83.0 cm³/mol. The van der Waals surface area contributed by atoms with Crippen LogP contribution in [-0.2, 0) is 11.2 Å². The minimum absolute atomic E-state index is 0.163. The van der Waals surface area contributed by atoms with Gasteiger partial charge in [-0.05, 0) is 42.3 Å². The Hall–Kier alpha value is -2.29. The SMILES string of the molecule is COc1cccc(CC(=O)CCOc2cccc(C)c2)c1. The quantitative estimate of drug-likeness (QED) is 0.779. The number of aryl methyl sites for hydroxylation is 1. The third-order valence-corrected chi connectivity index (χ3v) is 3.17. The van der Waals surface area contributed by atoms with Crippen LogP contribution in [0.5, 0.6) is 11.5 Å². The molecule has 2 aromatic rings. The Labute approximate surface area is 125 Å². The van der Waals surface area contributed by atoms with Gasteiger partial charge in [-0.25, -0.2) is 0 Å². The van der Waals surface area contributed by atoms with Crippen molar-refractivity contribution in [1.82, 2.24) is 0 Å². The molecule has 0 spiro atoms. The van der Waals surface area contributed by atoms with Crippen molar-refractivity contribution < 1.29 is 14.3 Å². The van der Waals surface area contributed by atoms with E-state index in [0.717, 1.165) is 22.6 Å². The van der Waals surface area contributed by atoms with E-state index in [1.54, 1.807) is 7.11 Å². The monoisotopic (exact) mass is 284 g/mol. The fraction of sp³-hybridized carbons (Fsp3) is 0.278. The van der Waals surface area contributed by atoms with Crippen molar-refractivity contribution >= 4 is 5.78 Å². The second-order valence-corrected chi connectivity index (χ2v) is 4.98. The summed E-state index contributed by atoms with van der Waals surface area (Å²) in [4.78, 5) is 11.9. The Kier molecular flexibility index (Phi) is 5.38. The van der Waals surface area contributed by atoms with Gasteiger partial charge in [0.1, 0.15) is 17.3 Å². The van der Waals surface area contributed by atoms with E-state index in [4.69, 9.17) is 9.47 Å². The van der Waals surface area contributed by atoms with E-state index in [-0.39, 0.29) is 5.78 Å².